The maximum atomic E-state index is 11.7. The molecule has 0 unspecified atom stereocenters. The molecule has 0 aliphatic carbocycles. The Hall–Kier alpha value is -0.860. The van der Waals surface area contributed by atoms with Gasteiger partial charge in [-0.3, -0.25) is 4.79 Å². The largest absolute Gasteiger partial charge is 0.310 e. The van der Waals surface area contributed by atoms with Crippen LogP contribution in [0.5, 0.6) is 0 Å². The molecule has 0 radical (unpaired) electrons. The second-order valence-corrected chi connectivity index (χ2v) is 3.97. The van der Waals surface area contributed by atoms with Crippen LogP contribution in [0.1, 0.15) is 29.3 Å². The zero-order valence-electron chi connectivity index (χ0n) is 9.14. The Morgan fingerprint density at radius 1 is 1.47 bits per heavy atom. The standard InChI is InChI=1S/C12H16ClNO/c1-3-6-14-8-12(15)10-5-4-9(2)11(13)7-10/h4-5,7,14H,3,6,8H2,1-2H3. The number of carbonyl (C=O) groups excluding carboxylic acids is 1. The molecule has 0 aromatic heterocycles. The van der Waals surface area contributed by atoms with Crippen molar-refractivity contribution in [3.63, 3.8) is 0 Å². The lowest BCUT2D eigenvalue weighted by molar-refractivity contribution is 0.0991. The predicted molar refractivity (Wildman–Crippen MR) is 63.7 cm³/mol. The summed E-state index contributed by atoms with van der Waals surface area (Å²) in [6, 6.07) is 5.42. The monoisotopic (exact) mass is 225 g/mol. The van der Waals surface area contributed by atoms with E-state index in [-0.39, 0.29) is 5.78 Å². The number of ketones is 1. The predicted octanol–water partition coefficient (Wildman–Crippen LogP) is 2.83. The zero-order chi connectivity index (χ0) is 11.3. The van der Waals surface area contributed by atoms with E-state index in [0.717, 1.165) is 18.5 Å². The van der Waals surface area contributed by atoms with Crippen molar-refractivity contribution in [1.29, 1.82) is 0 Å². The van der Waals surface area contributed by atoms with E-state index in [1.54, 1.807) is 6.07 Å². The van der Waals surface area contributed by atoms with Gasteiger partial charge in [-0.25, -0.2) is 0 Å². The summed E-state index contributed by atoms with van der Waals surface area (Å²) in [4.78, 5) is 11.7. The van der Waals surface area contributed by atoms with Gasteiger partial charge < -0.3 is 5.32 Å². The van der Waals surface area contributed by atoms with Crippen LogP contribution >= 0.6 is 11.6 Å². The fourth-order valence-electron chi connectivity index (χ4n) is 1.25. The van der Waals surface area contributed by atoms with Crippen molar-refractivity contribution in [2.45, 2.75) is 20.3 Å². The van der Waals surface area contributed by atoms with E-state index >= 15 is 0 Å². The van der Waals surface area contributed by atoms with Crippen molar-refractivity contribution in [3.05, 3.63) is 34.3 Å². The van der Waals surface area contributed by atoms with Crippen molar-refractivity contribution < 1.29 is 4.79 Å². The number of nitrogens with one attached hydrogen (secondary N) is 1. The van der Waals surface area contributed by atoms with Crippen LogP contribution in [-0.4, -0.2) is 18.9 Å². The van der Waals surface area contributed by atoms with E-state index in [9.17, 15) is 4.79 Å². The summed E-state index contributed by atoms with van der Waals surface area (Å²) >= 11 is 5.95. The van der Waals surface area contributed by atoms with Crippen LogP contribution in [0.25, 0.3) is 0 Å². The molecule has 15 heavy (non-hydrogen) atoms. The Morgan fingerprint density at radius 3 is 2.80 bits per heavy atom. The molecule has 1 rings (SSSR count). The van der Waals surface area contributed by atoms with Gasteiger partial charge in [0.1, 0.15) is 0 Å². The van der Waals surface area contributed by atoms with Crippen LogP contribution in [0.15, 0.2) is 18.2 Å². The molecule has 1 aromatic rings. The number of aryl methyl sites for hydroxylation is 1. The van der Waals surface area contributed by atoms with Gasteiger partial charge in [0.2, 0.25) is 0 Å². The number of Topliss-reactive ketones (excluding diaryl/α,β-unsaturated/α-hetero) is 1. The zero-order valence-corrected chi connectivity index (χ0v) is 9.90. The molecule has 0 spiro atoms. The van der Waals surface area contributed by atoms with Crippen LogP contribution in [0.4, 0.5) is 0 Å². The molecule has 0 atom stereocenters. The maximum Gasteiger partial charge on any atom is 0.176 e. The highest BCUT2D eigenvalue weighted by Gasteiger charge is 2.06. The first-order valence-corrected chi connectivity index (χ1v) is 5.53. The fourth-order valence-corrected chi connectivity index (χ4v) is 1.43. The number of carbonyl (C=O) groups is 1. The molecule has 82 valence electrons. The van der Waals surface area contributed by atoms with Crippen molar-refractivity contribution in [2.75, 3.05) is 13.1 Å². The minimum atomic E-state index is 0.0883. The smallest absolute Gasteiger partial charge is 0.176 e. The third-order valence-corrected chi connectivity index (χ3v) is 2.61. The minimum absolute atomic E-state index is 0.0883. The van der Waals surface area contributed by atoms with E-state index < -0.39 is 0 Å². The van der Waals surface area contributed by atoms with E-state index in [2.05, 4.69) is 12.2 Å². The van der Waals surface area contributed by atoms with Crippen molar-refractivity contribution in [2.24, 2.45) is 0 Å². The van der Waals surface area contributed by atoms with Gasteiger partial charge in [-0.15, -0.1) is 0 Å². The lowest BCUT2D eigenvalue weighted by Gasteiger charge is -2.04. The van der Waals surface area contributed by atoms with Gasteiger partial charge in [0.25, 0.3) is 0 Å². The molecule has 1 N–H and O–H groups in total. The first-order chi connectivity index (χ1) is 7.15. The average molecular weight is 226 g/mol. The number of benzene rings is 1. The summed E-state index contributed by atoms with van der Waals surface area (Å²) in [6.07, 6.45) is 1.03. The summed E-state index contributed by atoms with van der Waals surface area (Å²) in [6.45, 7) is 5.24. The van der Waals surface area contributed by atoms with Gasteiger partial charge in [-0.1, -0.05) is 30.7 Å². The first-order valence-electron chi connectivity index (χ1n) is 5.15. The van der Waals surface area contributed by atoms with Crippen LogP contribution in [0.3, 0.4) is 0 Å². The highest BCUT2D eigenvalue weighted by Crippen LogP contribution is 2.16. The van der Waals surface area contributed by atoms with Crippen molar-refractivity contribution in [1.82, 2.24) is 5.32 Å². The fraction of sp³-hybridized carbons (Fsp3) is 0.417. The summed E-state index contributed by atoms with van der Waals surface area (Å²) in [5.74, 6) is 0.0883. The molecule has 1 aromatic carbocycles. The lowest BCUT2D eigenvalue weighted by Crippen LogP contribution is -2.23. The Morgan fingerprint density at radius 2 is 2.20 bits per heavy atom. The third-order valence-electron chi connectivity index (χ3n) is 2.21. The van der Waals surface area contributed by atoms with Gasteiger partial charge in [-0.05, 0) is 31.5 Å². The molecule has 3 heteroatoms. The van der Waals surface area contributed by atoms with Gasteiger partial charge in [0.05, 0.1) is 6.54 Å². The van der Waals surface area contributed by atoms with Crippen LogP contribution in [0, 0.1) is 6.92 Å². The third kappa shape index (κ3) is 3.65. The molecule has 0 aliphatic heterocycles. The number of rotatable bonds is 5. The number of hydrogen-bond acceptors (Lipinski definition) is 2. The molecule has 0 bridgehead atoms. The molecule has 0 saturated carbocycles. The molecule has 0 heterocycles. The highest BCUT2D eigenvalue weighted by molar-refractivity contribution is 6.31. The minimum Gasteiger partial charge on any atom is -0.310 e. The second kappa shape index (κ2) is 5.89. The van der Waals surface area contributed by atoms with Gasteiger partial charge in [0, 0.05) is 10.6 Å². The van der Waals surface area contributed by atoms with Gasteiger partial charge >= 0.3 is 0 Å². The summed E-state index contributed by atoms with van der Waals surface area (Å²) in [7, 11) is 0. The highest BCUT2D eigenvalue weighted by atomic mass is 35.5. The van der Waals surface area contributed by atoms with E-state index in [4.69, 9.17) is 11.6 Å². The van der Waals surface area contributed by atoms with E-state index in [1.165, 1.54) is 0 Å². The van der Waals surface area contributed by atoms with Crippen molar-refractivity contribution >= 4 is 17.4 Å². The Kier molecular flexibility index (Phi) is 4.79. The normalized spacial score (nSPS) is 10.3. The average Bonchev–Trinajstić information content (AvgIpc) is 2.22. The van der Waals surface area contributed by atoms with Gasteiger partial charge in [0.15, 0.2) is 5.78 Å². The molecule has 0 fully saturated rings. The van der Waals surface area contributed by atoms with Crippen LogP contribution in [0.2, 0.25) is 5.02 Å². The van der Waals surface area contributed by atoms with Crippen molar-refractivity contribution in [3.8, 4) is 0 Å². The molecule has 2 nitrogen and oxygen atoms in total. The first kappa shape index (κ1) is 12.2. The quantitative estimate of drug-likeness (QED) is 0.617. The number of halogens is 1. The Balaban J connectivity index is 2.62. The van der Waals surface area contributed by atoms with E-state index in [0.29, 0.717) is 17.1 Å². The summed E-state index contributed by atoms with van der Waals surface area (Å²) < 4.78 is 0. The Bertz CT molecular complexity index is 349. The second-order valence-electron chi connectivity index (χ2n) is 3.56. The van der Waals surface area contributed by atoms with E-state index in [1.807, 2.05) is 19.1 Å². The van der Waals surface area contributed by atoms with Gasteiger partial charge in [-0.2, -0.15) is 0 Å². The summed E-state index contributed by atoms with van der Waals surface area (Å²) in [5, 5.41) is 3.72. The SMILES string of the molecule is CCCNCC(=O)c1ccc(C)c(Cl)c1. The Labute approximate surface area is 95.6 Å². The molecule has 0 amide bonds. The topological polar surface area (TPSA) is 29.1 Å². The maximum absolute atomic E-state index is 11.7. The molecular weight excluding hydrogens is 210 g/mol. The number of hydrogen-bond donors (Lipinski definition) is 1. The molecular formula is C12H16ClNO. The van der Waals surface area contributed by atoms with Crippen LogP contribution in [-0.2, 0) is 0 Å². The summed E-state index contributed by atoms with van der Waals surface area (Å²) in [5.41, 5.74) is 1.67. The molecule has 0 aliphatic rings. The lowest BCUT2D eigenvalue weighted by atomic mass is 10.1. The molecule has 0 saturated heterocycles. The van der Waals surface area contributed by atoms with Crippen LogP contribution < -0.4 is 5.32 Å².